The smallest absolute Gasteiger partial charge is 0.392 e. The van der Waals surface area contributed by atoms with Crippen molar-refractivity contribution in [3.8, 4) is 0 Å². The van der Waals surface area contributed by atoms with Crippen LogP contribution < -0.4 is 0 Å². The largest absolute Gasteiger partial charge is 0.426 e. The van der Waals surface area contributed by atoms with Gasteiger partial charge in [0.15, 0.2) is 0 Å². The van der Waals surface area contributed by atoms with E-state index in [1.165, 1.54) is 0 Å². The molecule has 0 saturated carbocycles. The normalized spacial score (nSPS) is 14.1. The molecule has 0 atom stereocenters. The fourth-order valence-corrected chi connectivity index (χ4v) is 0.265. The quantitative estimate of drug-likeness (QED) is 0.619. The molecule has 0 saturated heterocycles. The van der Waals surface area contributed by atoms with Crippen LogP contribution >= 0.6 is 11.6 Å². The third-order valence-electron chi connectivity index (χ3n) is 0.541. The molecule has 5 heteroatoms. The van der Waals surface area contributed by atoms with Crippen molar-refractivity contribution >= 4 is 11.6 Å². The summed E-state index contributed by atoms with van der Waals surface area (Å²) < 4.78 is 34.0. The van der Waals surface area contributed by atoms with Crippen molar-refractivity contribution in [2.24, 2.45) is 0 Å². The average Bonchev–Trinajstić information content (AvgIpc) is 1.64. The van der Waals surface area contributed by atoms with E-state index in [4.69, 9.17) is 5.11 Å². The lowest BCUT2D eigenvalue weighted by molar-refractivity contribution is -0.0849. The Morgan fingerprint density at radius 2 is 2.00 bits per heavy atom. The molecular formula is C4H4ClF3O. The molecule has 0 fully saturated rings. The number of alkyl halides is 3. The van der Waals surface area contributed by atoms with Gasteiger partial charge in [0.1, 0.15) is 5.03 Å². The second-order valence-corrected chi connectivity index (χ2v) is 1.64. The van der Waals surface area contributed by atoms with Crippen LogP contribution in [0, 0.1) is 0 Å². The lowest BCUT2D eigenvalue weighted by atomic mass is 10.5. The van der Waals surface area contributed by atoms with Crippen molar-refractivity contribution < 1.29 is 18.3 Å². The molecule has 0 aliphatic rings. The number of aliphatic hydroxyl groups is 1. The van der Waals surface area contributed by atoms with E-state index in [0.29, 0.717) is 6.08 Å². The maximum atomic E-state index is 11.3. The molecule has 1 nitrogen and oxygen atoms in total. The van der Waals surface area contributed by atoms with Gasteiger partial charge in [-0.15, -0.1) is 0 Å². The topological polar surface area (TPSA) is 20.2 Å². The monoisotopic (exact) mass is 160 g/mol. The van der Waals surface area contributed by atoms with Gasteiger partial charge in [0.25, 0.3) is 0 Å². The lowest BCUT2D eigenvalue weighted by Gasteiger charge is -2.01. The Morgan fingerprint density at radius 1 is 1.56 bits per heavy atom. The molecule has 1 N–H and O–H groups in total. The van der Waals surface area contributed by atoms with Gasteiger partial charge in [0, 0.05) is 0 Å². The zero-order valence-electron chi connectivity index (χ0n) is 4.24. The molecule has 0 spiro atoms. The minimum Gasteiger partial charge on any atom is -0.392 e. The summed E-state index contributed by atoms with van der Waals surface area (Å²) in [7, 11) is 0. The molecule has 0 aliphatic carbocycles. The zero-order chi connectivity index (χ0) is 7.49. The van der Waals surface area contributed by atoms with E-state index in [0.717, 1.165) is 0 Å². The Balaban J connectivity index is 4.03. The van der Waals surface area contributed by atoms with Gasteiger partial charge in [-0.25, -0.2) is 0 Å². The van der Waals surface area contributed by atoms with E-state index in [1.807, 2.05) is 0 Å². The summed E-state index contributed by atoms with van der Waals surface area (Å²) in [6, 6.07) is 0. The van der Waals surface area contributed by atoms with E-state index < -0.39 is 17.8 Å². The van der Waals surface area contributed by atoms with Crippen molar-refractivity contribution in [2.75, 3.05) is 6.61 Å². The van der Waals surface area contributed by atoms with Crippen LogP contribution in [0.15, 0.2) is 11.1 Å². The first-order valence-electron chi connectivity index (χ1n) is 2.02. The van der Waals surface area contributed by atoms with Crippen molar-refractivity contribution in [1.82, 2.24) is 0 Å². The average molecular weight is 161 g/mol. The molecule has 54 valence electrons. The zero-order valence-corrected chi connectivity index (χ0v) is 5.00. The maximum Gasteiger partial charge on any atom is 0.426 e. The van der Waals surface area contributed by atoms with Gasteiger partial charge >= 0.3 is 6.18 Å². The third-order valence-corrected chi connectivity index (χ3v) is 0.910. The molecule has 0 radical (unpaired) electrons. The molecule has 0 heterocycles. The minimum atomic E-state index is -4.52. The third kappa shape index (κ3) is 3.37. The van der Waals surface area contributed by atoms with Crippen molar-refractivity contribution in [1.29, 1.82) is 0 Å². The molecule has 0 unspecified atom stereocenters. The maximum absolute atomic E-state index is 11.3. The number of allylic oxidation sites excluding steroid dienone is 1. The van der Waals surface area contributed by atoms with E-state index in [-0.39, 0.29) is 0 Å². The first-order chi connectivity index (χ1) is 3.98. The van der Waals surface area contributed by atoms with E-state index in [9.17, 15) is 13.2 Å². The van der Waals surface area contributed by atoms with Gasteiger partial charge in [-0.05, 0) is 6.08 Å². The second kappa shape index (κ2) is 3.08. The predicted molar refractivity (Wildman–Crippen MR) is 27.1 cm³/mol. The van der Waals surface area contributed by atoms with Gasteiger partial charge in [-0.3, -0.25) is 0 Å². The van der Waals surface area contributed by atoms with Gasteiger partial charge in [0.05, 0.1) is 6.61 Å². The molecule has 0 rings (SSSR count). The second-order valence-electron chi connectivity index (χ2n) is 1.23. The summed E-state index contributed by atoms with van der Waals surface area (Å²) in [6.07, 6.45) is -4.04. The fraction of sp³-hybridized carbons (Fsp3) is 0.500. The molecule has 0 aromatic carbocycles. The Hall–Kier alpha value is -0.220. The Kier molecular flexibility index (Phi) is 3.00. The lowest BCUT2D eigenvalue weighted by Crippen LogP contribution is -2.07. The van der Waals surface area contributed by atoms with E-state index >= 15 is 0 Å². The molecular weight excluding hydrogens is 156 g/mol. The number of halogens is 4. The standard InChI is InChI=1S/C4H4ClF3O/c5-3(1-2-9)4(6,7)8/h1,9H,2H2/b3-1+. The highest BCUT2D eigenvalue weighted by atomic mass is 35.5. The Morgan fingerprint density at radius 3 is 2.11 bits per heavy atom. The number of aliphatic hydroxyl groups excluding tert-OH is 1. The molecule has 0 aromatic rings. The van der Waals surface area contributed by atoms with E-state index in [2.05, 4.69) is 11.6 Å². The minimum absolute atomic E-state index is 0.488. The summed E-state index contributed by atoms with van der Waals surface area (Å²) >= 11 is 4.63. The fourth-order valence-electron chi connectivity index (χ4n) is 0.196. The van der Waals surface area contributed by atoms with Crippen LogP contribution in [0.2, 0.25) is 0 Å². The molecule has 0 aromatic heterocycles. The van der Waals surface area contributed by atoms with Crippen LogP contribution in [0.25, 0.3) is 0 Å². The summed E-state index contributed by atoms with van der Waals surface area (Å²) in [6.45, 7) is -0.696. The summed E-state index contributed by atoms with van der Waals surface area (Å²) in [5, 5.41) is 6.65. The van der Waals surface area contributed by atoms with Crippen LogP contribution in [0.1, 0.15) is 0 Å². The number of hydrogen-bond donors (Lipinski definition) is 1. The molecule has 0 aliphatic heterocycles. The van der Waals surface area contributed by atoms with Crippen molar-refractivity contribution in [3.05, 3.63) is 11.1 Å². The van der Waals surface area contributed by atoms with Crippen molar-refractivity contribution in [3.63, 3.8) is 0 Å². The first kappa shape index (κ1) is 8.78. The van der Waals surface area contributed by atoms with Gasteiger partial charge in [-0.2, -0.15) is 13.2 Å². The molecule has 9 heavy (non-hydrogen) atoms. The SMILES string of the molecule is OC/C=C(/Cl)C(F)(F)F. The predicted octanol–water partition coefficient (Wildman–Crippen LogP) is 1.66. The van der Waals surface area contributed by atoms with Crippen LogP contribution in [0.3, 0.4) is 0 Å². The Labute approximate surface area is 54.7 Å². The highest BCUT2D eigenvalue weighted by Gasteiger charge is 2.31. The number of rotatable bonds is 1. The van der Waals surface area contributed by atoms with Crippen LogP contribution in [-0.4, -0.2) is 17.9 Å². The van der Waals surface area contributed by atoms with Crippen LogP contribution in [0.4, 0.5) is 13.2 Å². The van der Waals surface area contributed by atoms with Crippen LogP contribution in [0.5, 0.6) is 0 Å². The number of hydrogen-bond acceptors (Lipinski definition) is 1. The van der Waals surface area contributed by atoms with E-state index in [1.54, 1.807) is 0 Å². The highest BCUT2D eigenvalue weighted by Crippen LogP contribution is 2.27. The van der Waals surface area contributed by atoms with Crippen molar-refractivity contribution in [2.45, 2.75) is 6.18 Å². The summed E-state index contributed by atoms with van der Waals surface area (Å²) in [4.78, 5) is 0. The Bertz CT molecular complexity index is 117. The first-order valence-corrected chi connectivity index (χ1v) is 2.40. The molecule has 0 amide bonds. The van der Waals surface area contributed by atoms with Gasteiger partial charge in [-0.1, -0.05) is 11.6 Å². The van der Waals surface area contributed by atoms with Crippen LogP contribution in [-0.2, 0) is 0 Å². The highest BCUT2D eigenvalue weighted by molar-refractivity contribution is 6.30. The molecule has 0 bridgehead atoms. The van der Waals surface area contributed by atoms with Gasteiger partial charge < -0.3 is 5.11 Å². The summed E-state index contributed by atoms with van der Waals surface area (Å²) in [5.41, 5.74) is 0. The van der Waals surface area contributed by atoms with Gasteiger partial charge in [0.2, 0.25) is 0 Å². The summed E-state index contributed by atoms with van der Waals surface area (Å²) in [5.74, 6) is 0.